The van der Waals surface area contributed by atoms with Crippen LogP contribution in [0.25, 0.3) is 0 Å². The lowest BCUT2D eigenvalue weighted by Crippen LogP contribution is -2.01. The molecule has 0 saturated carbocycles. The number of ketones is 1. The SMILES string of the molecule is COc1c(F)cccc1C(=O)C#Cc1ccccc1. The van der Waals surface area contributed by atoms with Gasteiger partial charge in [-0.2, -0.15) is 0 Å². The summed E-state index contributed by atoms with van der Waals surface area (Å²) in [6.45, 7) is 0. The molecule has 0 aliphatic carbocycles. The minimum absolute atomic E-state index is 0.0742. The first-order valence-corrected chi connectivity index (χ1v) is 5.66. The lowest BCUT2D eigenvalue weighted by Gasteiger charge is -2.05. The van der Waals surface area contributed by atoms with E-state index in [1.165, 1.54) is 25.3 Å². The molecule has 3 heteroatoms. The van der Waals surface area contributed by atoms with Crippen LogP contribution in [0.2, 0.25) is 0 Å². The summed E-state index contributed by atoms with van der Waals surface area (Å²) in [6.07, 6.45) is 0. The van der Waals surface area contributed by atoms with E-state index in [9.17, 15) is 9.18 Å². The van der Waals surface area contributed by atoms with Crippen molar-refractivity contribution in [2.45, 2.75) is 0 Å². The normalized spacial score (nSPS) is 9.37. The van der Waals surface area contributed by atoms with Gasteiger partial charge in [0, 0.05) is 5.56 Å². The van der Waals surface area contributed by atoms with E-state index in [1.807, 2.05) is 18.2 Å². The van der Waals surface area contributed by atoms with Gasteiger partial charge in [0.05, 0.1) is 12.7 Å². The zero-order valence-corrected chi connectivity index (χ0v) is 10.3. The molecule has 0 N–H and O–H groups in total. The smallest absolute Gasteiger partial charge is 0.240 e. The minimum Gasteiger partial charge on any atom is -0.493 e. The standard InChI is InChI=1S/C16H11FO2/c1-19-16-13(8-5-9-14(16)17)15(18)11-10-12-6-3-2-4-7-12/h2-9H,1H3. The van der Waals surface area contributed by atoms with Gasteiger partial charge >= 0.3 is 0 Å². The minimum atomic E-state index is -0.574. The molecule has 0 bridgehead atoms. The molecule has 2 nitrogen and oxygen atoms in total. The Morgan fingerprint density at radius 2 is 1.84 bits per heavy atom. The number of benzene rings is 2. The molecule has 2 aromatic carbocycles. The Morgan fingerprint density at radius 1 is 1.11 bits per heavy atom. The molecular formula is C16H11FO2. The first-order valence-electron chi connectivity index (χ1n) is 5.66. The average Bonchev–Trinajstić information content (AvgIpc) is 2.45. The molecule has 2 aromatic rings. The molecule has 94 valence electrons. The fraction of sp³-hybridized carbons (Fsp3) is 0.0625. The van der Waals surface area contributed by atoms with Gasteiger partial charge in [-0.1, -0.05) is 30.2 Å². The highest BCUT2D eigenvalue weighted by Gasteiger charge is 2.13. The Morgan fingerprint density at radius 3 is 2.53 bits per heavy atom. The van der Waals surface area contributed by atoms with Gasteiger partial charge in [-0.05, 0) is 30.2 Å². The van der Waals surface area contributed by atoms with E-state index < -0.39 is 11.6 Å². The summed E-state index contributed by atoms with van der Waals surface area (Å²) < 4.78 is 18.3. The third-order valence-electron chi connectivity index (χ3n) is 2.51. The van der Waals surface area contributed by atoms with Crippen molar-refractivity contribution in [3.05, 3.63) is 65.5 Å². The summed E-state index contributed by atoms with van der Waals surface area (Å²) >= 11 is 0. The van der Waals surface area contributed by atoms with Crippen LogP contribution in [0.1, 0.15) is 15.9 Å². The lowest BCUT2D eigenvalue weighted by atomic mass is 10.1. The van der Waals surface area contributed by atoms with Crippen LogP contribution in [0.4, 0.5) is 4.39 Å². The van der Waals surface area contributed by atoms with Crippen molar-refractivity contribution in [1.29, 1.82) is 0 Å². The number of carbonyl (C=O) groups is 1. The van der Waals surface area contributed by atoms with Gasteiger partial charge in [0.25, 0.3) is 0 Å². The molecule has 0 aliphatic rings. The Kier molecular flexibility index (Phi) is 3.94. The second-order valence-corrected chi connectivity index (χ2v) is 3.77. The van der Waals surface area contributed by atoms with Crippen molar-refractivity contribution >= 4 is 5.78 Å². The highest BCUT2D eigenvalue weighted by Crippen LogP contribution is 2.22. The maximum Gasteiger partial charge on any atom is 0.240 e. The largest absolute Gasteiger partial charge is 0.493 e. The van der Waals surface area contributed by atoms with E-state index in [4.69, 9.17) is 4.74 Å². The van der Waals surface area contributed by atoms with Gasteiger partial charge < -0.3 is 4.74 Å². The Labute approximate surface area is 110 Å². The van der Waals surface area contributed by atoms with E-state index in [1.54, 1.807) is 12.1 Å². The fourth-order valence-electron chi connectivity index (χ4n) is 1.61. The zero-order chi connectivity index (χ0) is 13.7. The van der Waals surface area contributed by atoms with Crippen molar-refractivity contribution in [2.75, 3.05) is 7.11 Å². The number of Topliss-reactive ketones (excluding diaryl/α,β-unsaturated/α-hetero) is 1. The lowest BCUT2D eigenvalue weighted by molar-refractivity contribution is 0.105. The van der Waals surface area contributed by atoms with E-state index in [0.29, 0.717) is 0 Å². The predicted octanol–water partition coefficient (Wildman–Crippen LogP) is 3.07. The number of hydrogen-bond acceptors (Lipinski definition) is 2. The topological polar surface area (TPSA) is 26.3 Å². The molecule has 19 heavy (non-hydrogen) atoms. The van der Waals surface area contributed by atoms with Crippen LogP contribution < -0.4 is 4.74 Å². The number of halogens is 1. The highest BCUT2D eigenvalue weighted by atomic mass is 19.1. The number of methoxy groups -OCH3 is 1. The second-order valence-electron chi connectivity index (χ2n) is 3.77. The summed E-state index contributed by atoms with van der Waals surface area (Å²) in [7, 11) is 1.32. The Balaban J connectivity index is 2.32. The third-order valence-corrected chi connectivity index (χ3v) is 2.51. The molecule has 0 aromatic heterocycles. The molecule has 2 rings (SSSR count). The van der Waals surface area contributed by atoms with E-state index >= 15 is 0 Å². The predicted molar refractivity (Wildman–Crippen MR) is 70.6 cm³/mol. The summed E-state index contributed by atoms with van der Waals surface area (Å²) in [6, 6.07) is 13.3. The van der Waals surface area contributed by atoms with Crippen LogP contribution in [0.5, 0.6) is 5.75 Å². The number of hydrogen-bond donors (Lipinski definition) is 0. The summed E-state index contributed by atoms with van der Waals surface area (Å²) in [5.41, 5.74) is 0.858. The molecule has 0 radical (unpaired) electrons. The van der Waals surface area contributed by atoms with Crippen molar-refractivity contribution < 1.29 is 13.9 Å². The molecule has 0 amide bonds. The van der Waals surface area contributed by atoms with Crippen LogP contribution in [0.3, 0.4) is 0 Å². The summed E-state index contributed by atoms with van der Waals surface area (Å²) in [4.78, 5) is 11.9. The second kappa shape index (κ2) is 5.83. The molecule has 0 fully saturated rings. The van der Waals surface area contributed by atoms with Crippen molar-refractivity contribution in [2.24, 2.45) is 0 Å². The Hall–Kier alpha value is -2.60. The number of rotatable bonds is 2. The molecule has 0 aliphatic heterocycles. The van der Waals surface area contributed by atoms with Gasteiger partial charge in [0.2, 0.25) is 5.78 Å². The van der Waals surface area contributed by atoms with Crippen molar-refractivity contribution in [1.82, 2.24) is 0 Å². The zero-order valence-electron chi connectivity index (χ0n) is 10.3. The van der Waals surface area contributed by atoms with Gasteiger partial charge in [0.1, 0.15) is 0 Å². The maximum absolute atomic E-state index is 13.4. The molecule has 0 heterocycles. The van der Waals surface area contributed by atoms with Crippen molar-refractivity contribution in [3.8, 4) is 17.6 Å². The molecule has 0 unspecified atom stereocenters. The Bertz CT molecular complexity index is 651. The van der Waals surface area contributed by atoms with Crippen LogP contribution in [-0.4, -0.2) is 12.9 Å². The van der Waals surface area contributed by atoms with Crippen LogP contribution in [-0.2, 0) is 0 Å². The first kappa shape index (κ1) is 12.8. The van der Waals surface area contributed by atoms with Gasteiger partial charge in [-0.15, -0.1) is 0 Å². The molecule has 0 spiro atoms. The fourth-order valence-corrected chi connectivity index (χ4v) is 1.61. The maximum atomic E-state index is 13.4. The molecular weight excluding hydrogens is 243 g/mol. The average molecular weight is 254 g/mol. The summed E-state index contributed by atoms with van der Waals surface area (Å²) in [5, 5.41) is 0. The number of carbonyl (C=O) groups excluding carboxylic acids is 1. The molecule has 0 atom stereocenters. The van der Waals surface area contributed by atoms with E-state index in [-0.39, 0.29) is 11.3 Å². The van der Waals surface area contributed by atoms with E-state index in [2.05, 4.69) is 11.8 Å². The van der Waals surface area contributed by atoms with Crippen LogP contribution >= 0.6 is 0 Å². The number of para-hydroxylation sites is 1. The van der Waals surface area contributed by atoms with E-state index in [0.717, 1.165) is 5.56 Å². The van der Waals surface area contributed by atoms with Crippen LogP contribution in [0, 0.1) is 17.7 Å². The third kappa shape index (κ3) is 2.99. The molecule has 0 saturated heterocycles. The highest BCUT2D eigenvalue weighted by molar-refractivity contribution is 6.11. The first-order chi connectivity index (χ1) is 9.22. The van der Waals surface area contributed by atoms with Gasteiger partial charge in [0.15, 0.2) is 11.6 Å². The summed E-state index contributed by atoms with van der Waals surface area (Å²) in [5.74, 6) is 4.10. The quantitative estimate of drug-likeness (QED) is 0.608. The monoisotopic (exact) mass is 254 g/mol. The van der Waals surface area contributed by atoms with Gasteiger partial charge in [-0.3, -0.25) is 4.79 Å². The van der Waals surface area contributed by atoms with Gasteiger partial charge in [-0.25, -0.2) is 4.39 Å². The van der Waals surface area contributed by atoms with Crippen molar-refractivity contribution in [3.63, 3.8) is 0 Å². The number of ether oxygens (including phenoxy) is 1. The van der Waals surface area contributed by atoms with Crippen LogP contribution in [0.15, 0.2) is 48.5 Å².